The highest BCUT2D eigenvalue weighted by atomic mass is 16.7. The maximum absolute atomic E-state index is 12.2. The second-order valence-electron chi connectivity index (χ2n) is 7.26. The van der Waals surface area contributed by atoms with Gasteiger partial charge in [-0.3, -0.25) is 25.1 Å². The lowest BCUT2D eigenvalue weighted by Gasteiger charge is -2.12. The smallest absolute Gasteiger partial charge is 0.327 e. The Kier molecular flexibility index (Phi) is 7.85. The van der Waals surface area contributed by atoms with E-state index in [1.807, 2.05) is 6.07 Å². The first kappa shape index (κ1) is 23.6. The van der Waals surface area contributed by atoms with Crippen LogP contribution in [0.2, 0.25) is 0 Å². The molecule has 2 aromatic rings. The number of anilines is 1. The summed E-state index contributed by atoms with van der Waals surface area (Å²) >= 11 is 0. The van der Waals surface area contributed by atoms with Crippen molar-refractivity contribution in [3.05, 3.63) is 53.6 Å². The van der Waals surface area contributed by atoms with E-state index in [2.05, 4.69) is 10.6 Å². The number of amides is 2. The van der Waals surface area contributed by atoms with E-state index in [1.165, 1.54) is 0 Å². The van der Waals surface area contributed by atoms with Gasteiger partial charge in [-0.05, 0) is 55.3 Å². The molecule has 1 unspecified atom stereocenters. The minimum atomic E-state index is -0.991. The first-order chi connectivity index (χ1) is 15.8. The van der Waals surface area contributed by atoms with Gasteiger partial charge in [-0.15, -0.1) is 0 Å². The summed E-state index contributed by atoms with van der Waals surface area (Å²) in [6, 6.07) is 11.8. The fourth-order valence-corrected chi connectivity index (χ4v) is 3.08. The summed E-state index contributed by atoms with van der Waals surface area (Å²) in [7, 11) is 0. The molecule has 174 valence electrons. The number of nitrogens with one attached hydrogen (secondary N) is 3. The van der Waals surface area contributed by atoms with Crippen molar-refractivity contribution >= 4 is 29.3 Å². The van der Waals surface area contributed by atoms with Crippen molar-refractivity contribution in [2.45, 2.75) is 39.0 Å². The second kappa shape index (κ2) is 11.0. The third-order valence-electron chi connectivity index (χ3n) is 4.74. The zero-order valence-corrected chi connectivity index (χ0v) is 18.2. The molecule has 2 amide bonds. The van der Waals surface area contributed by atoms with Crippen LogP contribution in [0.1, 0.15) is 37.3 Å². The predicted molar refractivity (Wildman–Crippen MR) is 120 cm³/mol. The molecule has 33 heavy (non-hydrogen) atoms. The highest BCUT2D eigenvalue weighted by molar-refractivity contribution is 5.96. The number of esters is 1. The molecule has 3 rings (SSSR count). The number of hydrogen-bond donors (Lipinski definition) is 4. The quantitative estimate of drug-likeness (QED) is 0.243. The van der Waals surface area contributed by atoms with Gasteiger partial charge >= 0.3 is 12.4 Å². The van der Waals surface area contributed by atoms with Crippen molar-refractivity contribution in [3.63, 3.8) is 0 Å². The van der Waals surface area contributed by atoms with E-state index in [4.69, 9.17) is 25.4 Å². The van der Waals surface area contributed by atoms with E-state index in [-0.39, 0.29) is 37.0 Å². The van der Waals surface area contributed by atoms with Crippen LogP contribution in [0.5, 0.6) is 11.5 Å². The first-order valence-electron chi connectivity index (χ1n) is 10.5. The third kappa shape index (κ3) is 6.96. The van der Waals surface area contributed by atoms with Crippen LogP contribution >= 0.6 is 0 Å². The lowest BCUT2D eigenvalue weighted by molar-refractivity contribution is -0.143. The number of nitrogen functional groups attached to an aromatic ring is 1. The molecule has 1 aliphatic rings. The molecule has 5 N–H and O–H groups in total. The summed E-state index contributed by atoms with van der Waals surface area (Å²) in [4.78, 5) is 35.8. The zero-order valence-electron chi connectivity index (χ0n) is 18.2. The van der Waals surface area contributed by atoms with Gasteiger partial charge in [0.1, 0.15) is 5.84 Å². The Hall–Kier alpha value is -4.08. The van der Waals surface area contributed by atoms with Crippen LogP contribution < -0.4 is 25.8 Å². The van der Waals surface area contributed by atoms with E-state index < -0.39 is 12.3 Å². The number of amidine groups is 1. The summed E-state index contributed by atoms with van der Waals surface area (Å²) in [5, 5.41) is 12.6. The Morgan fingerprint density at radius 1 is 1.00 bits per heavy atom. The normalized spacial score (nSPS) is 13.8. The minimum Gasteiger partial charge on any atom is -0.466 e. The Morgan fingerprint density at radius 3 is 2.39 bits per heavy atom. The fourth-order valence-electron chi connectivity index (χ4n) is 3.08. The first-order valence-corrected chi connectivity index (χ1v) is 10.5. The van der Waals surface area contributed by atoms with Gasteiger partial charge in [-0.2, -0.15) is 0 Å². The monoisotopic (exact) mass is 454 g/mol. The third-order valence-corrected chi connectivity index (χ3v) is 4.74. The fraction of sp³-hybridized carbons (Fsp3) is 0.304. The number of carbonyl (C=O) groups excluding carboxylic acids is 3. The number of ether oxygens (including phenoxy) is 3. The molecular formula is C23H26N4O6. The standard InChI is InChI=1S/C23H26N4O6/c1-2-31-21(30)12-4-14-3-9-17-18(13-14)33-23(32-17)27-20(29)11-10-19(28)26-16-7-5-15(6-8-16)22(24)25/h3,5-9,13,23H,2,4,10-12H2,1H3,(H3,24,25)(H,26,28)(H,27,29). The molecule has 0 bridgehead atoms. The summed E-state index contributed by atoms with van der Waals surface area (Å²) in [6.45, 7) is 2.10. The van der Waals surface area contributed by atoms with Gasteiger partial charge in [0.2, 0.25) is 11.8 Å². The average molecular weight is 454 g/mol. The van der Waals surface area contributed by atoms with Gasteiger partial charge in [0, 0.05) is 30.5 Å². The van der Waals surface area contributed by atoms with Crippen LogP contribution in [0.15, 0.2) is 42.5 Å². The minimum absolute atomic E-state index is 0.0298. The number of nitrogens with two attached hydrogens (primary N) is 1. The van der Waals surface area contributed by atoms with E-state index in [0.29, 0.717) is 35.8 Å². The number of hydrogen-bond acceptors (Lipinski definition) is 7. The van der Waals surface area contributed by atoms with Crippen molar-refractivity contribution in [1.82, 2.24) is 5.32 Å². The van der Waals surface area contributed by atoms with Crippen LogP contribution in [0, 0.1) is 5.41 Å². The Labute approximate surface area is 190 Å². The molecule has 0 spiro atoms. The predicted octanol–water partition coefficient (Wildman–Crippen LogP) is 2.06. The lowest BCUT2D eigenvalue weighted by Crippen LogP contribution is -2.40. The maximum atomic E-state index is 12.2. The molecule has 10 nitrogen and oxygen atoms in total. The lowest BCUT2D eigenvalue weighted by atomic mass is 10.1. The van der Waals surface area contributed by atoms with Gasteiger partial charge in [-0.1, -0.05) is 6.07 Å². The average Bonchev–Trinajstić information content (AvgIpc) is 3.18. The van der Waals surface area contributed by atoms with Crippen molar-refractivity contribution in [3.8, 4) is 11.5 Å². The topological polar surface area (TPSA) is 153 Å². The van der Waals surface area contributed by atoms with Crippen LogP contribution in [-0.2, 0) is 25.5 Å². The van der Waals surface area contributed by atoms with E-state index in [0.717, 1.165) is 5.56 Å². The molecule has 1 heterocycles. The molecule has 1 aliphatic heterocycles. The summed E-state index contributed by atoms with van der Waals surface area (Å²) < 4.78 is 16.1. The molecule has 0 aromatic heterocycles. The Balaban J connectivity index is 1.41. The highest BCUT2D eigenvalue weighted by Gasteiger charge is 2.26. The van der Waals surface area contributed by atoms with Crippen molar-refractivity contribution in [1.29, 1.82) is 5.41 Å². The van der Waals surface area contributed by atoms with Gasteiger partial charge in [0.15, 0.2) is 11.5 Å². The maximum Gasteiger partial charge on any atom is 0.327 e. The molecule has 0 radical (unpaired) electrons. The highest BCUT2D eigenvalue weighted by Crippen LogP contribution is 2.35. The van der Waals surface area contributed by atoms with Gasteiger partial charge < -0.3 is 25.3 Å². The van der Waals surface area contributed by atoms with Crippen LogP contribution in [-0.4, -0.2) is 36.6 Å². The molecule has 10 heteroatoms. The van der Waals surface area contributed by atoms with Crippen LogP contribution in [0.3, 0.4) is 0 Å². The zero-order chi connectivity index (χ0) is 23.8. The Bertz CT molecular complexity index is 1040. The molecule has 0 aliphatic carbocycles. The summed E-state index contributed by atoms with van der Waals surface area (Å²) in [6.07, 6.45) is -0.315. The number of aryl methyl sites for hydroxylation is 1. The van der Waals surface area contributed by atoms with Crippen LogP contribution in [0.25, 0.3) is 0 Å². The number of fused-ring (bicyclic) bond motifs is 1. The van der Waals surface area contributed by atoms with Crippen molar-refractivity contribution in [2.75, 3.05) is 11.9 Å². The molecule has 0 fully saturated rings. The van der Waals surface area contributed by atoms with E-state index in [1.54, 1.807) is 43.3 Å². The van der Waals surface area contributed by atoms with E-state index >= 15 is 0 Å². The molecule has 1 atom stereocenters. The van der Waals surface area contributed by atoms with Gasteiger partial charge in [0.25, 0.3) is 0 Å². The SMILES string of the molecule is CCOC(=O)CCc1ccc2c(c1)OC(NC(=O)CCC(=O)Nc1ccc(C(=N)N)cc1)O2. The summed E-state index contributed by atoms with van der Waals surface area (Å²) in [5.74, 6) is -0.116. The second-order valence-corrected chi connectivity index (χ2v) is 7.26. The molecular weight excluding hydrogens is 428 g/mol. The number of rotatable bonds is 10. The number of benzene rings is 2. The number of carbonyl (C=O) groups is 3. The largest absolute Gasteiger partial charge is 0.466 e. The van der Waals surface area contributed by atoms with E-state index in [9.17, 15) is 14.4 Å². The molecule has 2 aromatic carbocycles. The molecule has 0 saturated heterocycles. The molecule has 0 saturated carbocycles. The van der Waals surface area contributed by atoms with Gasteiger partial charge in [-0.25, -0.2) is 0 Å². The van der Waals surface area contributed by atoms with Crippen LogP contribution in [0.4, 0.5) is 5.69 Å². The summed E-state index contributed by atoms with van der Waals surface area (Å²) in [5.41, 5.74) is 7.37. The van der Waals surface area contributed by atoms with Gasteiger partial charge in [0.05, 0.1) is 6.61 Å². The van der Waals surface area contributed by atoms with Crippen molar-refractivity contribution in [2.24, 2.45) is 5.73 Å². The Morgan fingerprint density at radius 2 is 1.70 bits per heavy atom. The van der Waals surface area contributed by atoms with Crippen molar-refractivity contribution < 1.29 is 28.6 Å².